The molecule has 0 heterocycles. The minimum absolute atomic E-state index is 0.153. The van der Waals surface area contributed by atoms with E-state index in [4.69, 9.17) is 21.1 Å². The Morgan fingerprint density at radius 2 is 1.72 bits per heavy atom. The lowest BCUT2D eigenvalue weighted by atomic mass is 10.1. The molecule has 0 aliphatic heterocycles. The molecule has 0 radical (unpaired) electrons. The molecule has 0 aliphatic rings. The van der Waals surface area contributed by atoms with Crippen LogP contribution in [0.4, 0.5) is 11.4 Å². The quantitative estimate of drug-likeness (QED) is 0.594. The lowest BCUT2D eigenvalue weighted by molar-refractivity contribution is -0.114. The number of methoxy groups -OCH3 is 1. The number of anilines is 2. The highest BCUT2D eigenvalue weighted by atomic mass is 35.5. The summed E-state index contributed by atoms with van der Waals surface area (Å²) in [7, 11) is 1.54. The van der Waals surface area contributed by atoms with Crippen LogP contribution in [0, 0.1) is 5.92 Å². The van der Waals surface area contributed by atoms with Crippen molar-refractivity contribution in [1.29, 1.82) is 0 Å². The third-order valence-corrected chi connectivity index (χ3v) is 3.99. The highest BCUT2D eigenvalue weighted by Crippen LogP contribution is 2.37. The monoisotopic (exact) mass is 416 g/mol. The number of hydrogen-bond acceptors (Lipinski definition) is 4. The first-order chi connectivity index (χ1) is 13.8. The zero-order chi connectivity index (χ0) is 21.4. The molecule has 29 heavy (non-hydrogen) atoms. The van der Waals surface area contributed by atoms with E-state index in [-0.39, 0.29) is 11.8 Å². The molecule has 2 rings (SSSR count). The Morgan fingerprint density at radius 3 is 2.28 bits per heavy atom. The molecule has 0 bridgehead atoms. The summed E-state index contributed by atoms with van der Waals surface area (Å²) in [6, 6.07) is 10.3. The first-order valence-corrected chi connectivity index (χ1v) is 9.53. The van der Waals surface area contributed by atoms with Gasteiger partial charge in [0, 0.05) is 24.4 Å². The standard InChI is InChI=1S/C22H25ClN2O4/c1-14(2)13-29-22-19(23)11-16(12-20(22)28-4)5-10-21(27)25-18-8-6-17(7-9-18)24-15(3)26/h5-12,14H,13H2,1-4H3,(H,24,26)(H,25,27)/b10-5+. The van der Waals surface area contributed by atoms with Gasteiger partial charge in [-0.05, 0) is 54.0 Å². The maximum atomic E-state index is 12.2. The number of nitrogens with one attached hydrogen (secondary N) is 2. The molecule has 2 amide bonds. The molecule has 0 saturated heterocycles. The predicted octanol–water partition coefficient (Wildman–Crippen LogP) is 4.99. The Kier molecular flexibility index (Phi) is 8.09. The molecule has 0 aromatic heterocycles. The van der Waals surface area contributed by atoms with Crippen molar-refractivity contribution in [2.24, 2.45) is 5.92 Å². The number of ether oxygens (including phenoxy) is 2. The number of carbonyl (C=O) groups excluding carboxylic acids is 2. The minimum atomic E-state index is -0.299. The van der Waals surface area contributed by atoms with Crippen molar-refractivity contribution < 1.29 is 19.1 Å². The minimum Gasteiger partial charge on any atom is -0.493 e. The number of amides is 2. The fourth-order valence-electron chi connectivity index (χ4n) is 2.42. The van der Waals surface area contributed by atoms with Gasteiger partial charge in [-0.25, -0.2) is 0 Å². The number of hydrogen-bond donors (Lipinski definition) is 2. The van der Waals surface area contributed by atoms with Gasteiger partial charge in [0.15, 0.2) is 11.5 Å². The van der Waals surface area contributed by atoms with Crippen molar-refractivity contribution in [2.75, 3.05) is 24.4 Å². The number of halogens is 1. The summed E-state index contributed by atoms with van der Waals surface area (Å²) >= 11 is 6.32. The van der Waals surface area contributed by atoms with Gasteiger partial charge in [-0.2, -0.15) is 0 Å². The van der Waals surface area contributed by atoms with Gasteiger partial charge in [0.25, 0.3) is 0 Å². The van der Waals surface area contributed by atoms with Crippen molar-refractivity contribution >= 4 is 40.9 Å². The van der Waals surface area contributed by atoms with Gasteiger partial charge in [-0.1, -0.05) is 25.4 Å². The Balaban J connectivity index is 2.05. The molecule has 6 nitrogen and oxygen atoms in total. The summed E-state index contributed by atoms with van der Waals surface area (Å²) < 4.78 is 11.1. The molecule has 7 heteroatoms. The van der Waals surface area contributed by atoms with E-state index in [1.54, 1.807) is 49.6 Å². The molecule has 2 aromatic rings. The van der Waals surface area contributed by atoms with E-state index in [1.165, 1.54) is 13.0 Å². The van der Waals surface area contributed by atoms with Crippen molar-refractivity contribution in [3.8, 4) is 11.5 Å². The summed E-state index contributed by atoms with van der Waals surface area (Å²) in [6.45, 7) is 6.05. The summed E-state index contributed by atoms with van der Waals surface area (Å²) in [4.78, 5) is 23.2. The zero-order valence-corrected chi connectivity index (χ0v) is 17.7. The molecule has 0 saturated carbocycles. The van der Waals surface area contributed by atoms with Crippen LogP contribution >= 0.6 is 11.6 Å². The molecule has 2 N–H and O–H groups in total. The zero-order valence-electron chi connectivity index (χ0n) is 16.9. The molecule has 154 valence electrons. The summed E-state index contributed by atoms with van der Waals surface area (Å²) in [5.41, 5.74) is 1.98. The number of benzene rings is 2. The van der Waals surface area contributed by atoms with E-state index in [1.807, 2.05) is 13.8 Å². The van der Waals surface area contributed by atoms with Crippen molar-refractivity contribution in [1.82, 2.24) is 0 Å². The third-order valence-electron chi connectivity index (χ3n) is 3.71. The second kappa shape index (κ2) is 10.5. The predicted molar refractivity (Wildman–Crippen MR) is 117 cm³/mol. The Morgan fingerprint density at radius 1 is 1.10 bits per heavy atom. The molecular weight excluding hydrogens is 392 g/mol. The first kappa shape index (κ1) is 22.3. The largest absolute Gasteiger partial charge is 0.493 e. The van der Waals surface area contributed by atoms with Crippen LogP contribution in [0.3, 0.4) is 0 Å². The molecule has 0 aliphatic carbocycles. The van der Waals surface area contributed by atoms with Crippen LogP contribution in [0.25, 0.3) is 6.08 Å². The van der Waals surface area contributed by atoms with Crippen LogP contribution in [0.15, 0.2) is 42.5 Å². The number of carbonyl (C=O) groups is 2. The Bertz CT molecular complexity index is 892. The van der Waals surface area contributed by atoms with Gasteiger partial charge in [0.2, 0.25) is 11.8 Å². The summed E-state index contributed by atoms with van der Waals surface area (Å²) in [6.07, 6.45) is 3.04. The normalized spacial score (nSPS) is 10.8. The topological polar surface area (TPSA) is 76.7 Å². The van der Waals surface area contributed by atoms with Gasteiger partial charge in [0.1, 0.15) is 0 Å². The molecule has 0 atom stereocenters. The third kappa shape index (κ3) is 7.16. The van der Waals surface area contributed by atoms with E-state index in [0.29, 0.717) is 46.0 Å². The molecular formula is C22H25ClN2O4. The van der Waals surface area contributed by atoms with Crippen molar-refractivity contribution in [2.45, 2.75) is 20.8 Å². The average molecular weight is 417 g/mol. The van der Waals surface area contributed by atoms with Gasteiger partial charge >= 0.3 is 0 Å². The summed E-state index contributed by atoms with van der Waals surface area (Å²) in [5.74, 6) is 0.897. The van der Waals surface area contributed by atoms with E-state index >= 15 is 0 Å². The van der Waals surface area contributed by atoms with Crippen molar-refractivity contribution in [3.63, 3.8) is 0 Å². The second-order valence-electron chi connectivity index (χ2n) is 6.82. The lowest BCUT2D eigenvalue weighted by Gasteiger charge is -2.14. The van der Waals surface area contributed by atoms with E-state index in [9.17, 15) is 9.59 Å². The molecule has 2 aromatic carbocycles. The van der Waals surface area contributed by atoms with Gasteiger partial charge < -0.3 is 20.1 Å². The van der Waals surface area contributed by atoms with Gasteiger partial charge in [0.05, 0.1) is 18.7 Å². The summed E-state index contributed by atoms with van der Waals surface area (Å²) in [5, 5.41) is 5.84. The van der Waals surface area contributed by atoms with Gasteiger partial charge in [-0.15, -0.1) is 0 Å². The van der Waals surface area contributed by atoms with Crippen LogP contribution in [0.5, 0.6) is 11.5 Å². The maximum Gasteiger partial charge on any atom is 0.248 e. The maximum absolute atomic E-state index is 12.2. The molecule has 0 spiro atoms. The highest BCUT2D eigenvalue weighted by Gasteiger charge is 2.12. The number of rotatable bonds is 8. The second-order valence-corrected chi connectivity index (χ2v) is 7.23. The average Bonchev–Trinajstić information content (AvgIpc) is 2.66. The van der Waals surface area contributed by atoms with Crippen LogP contribution in [-0.4, -0.2) is 25.5 Å². The van der Waals surface area contributed by atoms with Crippen LogP contribution in [-0.2, 0) is 9.59 Å². The Hall–Kier alpha value is -2.99. The Labute approximate surface area is 175 Å². The smallest absolute Gasteiger partial charge is 0.248 e. The first-order valence-electron chi connectivity index (χ1n) is 9.15. The molecule has 0 unspecified atom stereocenters. The van der Waals surface area contributed by atoms with Crippen LogP contribution < -0.4 is 20.1 Å². The SMILES string of the molecule is COc1cc(/C=C/C(=O)Nc2ccc(NC(C)=O)cc2)cc(Cl)c1OCC(C)C. The van der Waals surface area contributed by atoms with E-state index < -0.39 is 0 Å². The van der Waals surface area contributed by atoms with E-state index in [2.05, 4.69) is 10.6 Å². The molecule has 0 fully saturated rings. The van der Waals surface area contributed by atoms with Crippen molar-refractivity contribution in [3.05, 3.63) is 53.1 Å². The van der Waals surface area contributed by atoms with Crippen LogP contribution in [0.1, 0.15) is 26.3 Å². The lowest BCUT2D eigenvalue weighted by Crippen LogP contribution is -2.08. The highest BCUT2D eigenvalue weighted by molar-refractivity contribution is 6.32. The fourth-order valence-corrected chi connectivity index (χ4v) is 2.70. The van der Waals surface area contributed by atoms with E-state index in [0.717, 1.165) is 0 Å². The van der Waals surface area contributed by atoms with Crippen LogP contribution in [0.2, 0.25) is 5.02 Å². The van der Waals surface area contributed by atoms with Gasteiger partial charge in [-0.3, -0.25) is 9.59 Å². The fraction of sp³-hybridized carbons (Fsp3) is 0.273.